The number of benzene rings is 1. The number of nitrogens with zero attached hydrogens (tertiary/aromatic N) is 3. The molecule has 0 saturated heterocycles. The normalized spacial score (nSPS) is 10.9. The van der Waals surface area contributed by atoms with Crippen molar-refractivity contribution in [3.05, 3.63) is 46.7 Å². The summed E-state index contributed by atoms with van der Waals surface area (Å²) in [6.45, 7) is 4.55. The highest BCUT2D eigenvalue weighted by atomic mass is 35.5. The number of amides is 1. The van der Waals surface area contributed by atoms with Gasteiger partial charge in [0.1, 0.15) is 5.75 Å². The van der Waals surface area contributed by atoms with Crippen LogP contribution in [-0.2, 0) is 7.05 Å². The maximum atomic E-state index is 12.8. The minimum atomic E-state index is -0.334. The molecule has 0 bridgehead atoms. The summed E-state index contributed by atoms with van der Waals surface area (Å²) in [6.07, 6.45) is 3.47. The molecule has 0 aliphatic heterocycles. The van der Waals surface area contributed by atoms with Crippen LogP contribution in [0.5, 0.6) is 5.75 Å². The zero-order valence-corrected chi connectivity index (χ0v) is 15.8. The number of aromatic nitrogens is 3. The number of anilines is 1. The summed E-state index contributed by atoms with van der Waals surface area (Å²) >= 11 is 6.48. The molecule has 0 unspecified atom stereocenters. The number of hydrogen-bond acceptors (Lipinski definition) is 4. The summed E-state index contributed by atoms with van der Waals surface area (Å²) in [7, 11) is 1.79. The Bertz CT molecular complexity index is 952. The van der Waals surface area contributed by atoms with Gasteiger partial charge >= 0.3 is 0 Å². The van der Waals surface area contributed by atoms with Crippen molar-refractivity contribution in [2.45, 2.75) is 26.7 Å². The fraction of sp³-hybridized carbons (Fsp3) is 0.316. The third-order valence-electron chi connectivity index (χ3n) is 4.10. The SMILES string of the molecule is CCCCOc1ccccc1NC(=O)c1cnc2c(c(C)nn2C)c1Cl. The van der Waals surface area contributed by atoms with Crippen LogP contribution in [0.3, 0.4) is 0 Å². The van der Waals surface area contributed by atoms with Crippen LogP contribution in [0.1, 0.15) is 35.8 Å². The lowest BCUT2D eigenvalue weighted by Gasteiger charge is -2.13. The molecule has 3 aromatic rings. The van der Waals surface area contributed by atoms with Crippen LogP contribution < -0.4 is 10.1 Å². The predicted molar refractivity (Wildman–Crippen MR) is 103 cm³/mol. The van der Waals surface area contributed by atoms with Crippen molar-refractivity contribution >= 4 is 34.2 Å². The summed E-state index contributed by atoms with van der Waals surface area (Å²) in [5.74, 6) is 0.302. The number of unbranched alkanes of at least 4 members (excludes halogenated alkanes) is 1. The number of ether oxygens (including phenoxy) is 1. The molecule has 136 valence electrons. The molecule has 0 saturated carbocycles. The summed E-state index contributed by atoms with van der Waals surface area (Å²) in [5.41, 5.74) is 2.29. The standard InChI is InChI=1S/C19H21ClN4O2/c1-4-5-10-26-15-9-7-6-8-14(15)22-19(25)13-11-21-18-16(17(13)20)12(2)23-24(18)3/h6-9,11H,4-5,10H2,1-3H3,(H,22,25). The lowest BCUT2D eigenvalue weighted by atomic mass is 10.2. The van der Waals surface area contributed by atoms with Crippen molar-refractivity contribution < 1.29 is 9.53 Å². The van der Waals surface area contributed by atoms with Crippen molar-refractivity contribution in [3.8, 4) is 5.75 Å². The minimum Gasteiger partial charge on any atom is -0.491 e. The van der Waals surface area contributed by atoms with Gasteiger partial charge in [-0.15, -0.1) is 0 Å². The molecule has 0 aliphatic rings. The number of carbonyl (C=O) groups is 1. The first-order chi connectivity index (χ1) is 12.5. The van der Waals surface area contributed by atoms with E-state index < -0.39 is 0 Å². The van der Waals surface area contributed by atoms with Crippen molar-refractivity contribution in [2.24, 2.45) is 7.05 Å². The molecule has 2 heterocycles. The molecule has 0 atom stereocenters. The Morgan fingerprint density at radius 3 is 2.88 bits per heavy atom. The van der Waals surface area contributed by atoms with Gasteiger partial charge in [0.2, 0.25) is 0 Å². The van der Waals surface area contributed by atoms with Gasteiger partial charge in [0, 0.05) is 13.2 Å². The molecular formula is C19H21ClN4O2. The highest BCUT2D eigenvalue weighted by Crippen LogP contribution is 2.30. The molecule has 0 radical (unpaired) electrons. The molecule has 2 aromatic heterocycles. The molecule has 26 heavy (non-hydrogen) atoms. The first kappa shape index (κ1) is 18.2. The molecule has 0 aliphatic carbocycles. The Morgan fingerprint density at radius 2 is 2.12 bits per heavy atom. The Hall–Kier alpha value is -2.60. The fourth-order valence-corrected chi connectivity index (χ4v) is 3.09. The van der Waals surface area contributed by atoms with E-state index in [4.69, 9.17) is 16.3 Å². The quantitative estimate of drug-likeness (QED) is 0.652. The molecule has 0 fully saturated rings. The second-order valence-corrected chi connectivity index (χ2v) is 6.42. The minimum absolute atomic E-state index is 0.304. The van der Waals surface area contributed by atoms with E-state index >= 15 is 0 Å². The van der Waals surface area contributed by atoms with Crippen molar-refractivity contribution in [1.82, 2.24) is 14.8 Å². The molecule has 3 rings (SSSR count). The first-order valence-corrected chi connectivity index (χ1v) is 8.91. The summed E-state index contributed by atoms with van der Waals surface area (Å²) in [5, 5.41) is 8.22. The van der Waals surface area contributed by atoms with Gasteiger partial charge in [-0.25, -0.2) is 4.98 Å². The largest absolute Gasteiger partial charge is 0.491 e. The van der Waals surface area contributed by atoms with Crippen molar-refractivity contribution in [3.63, 3.8) is 0 Å². The summed E-state index contributed by atoms with van der Waals surface area (Å²) in [6, 6.07) is 7.35. The van der Waals surface area contributed by atoms with E-state index in [9.17, 15) is 4.79 Å². The second-order valence-electron chi connectivity index (χ2n) is 6.05. The van der Waals surface area contributed by atoms with Gasteiger partial charge in [-0.1, -0.05) is 37.1 Å². The van der Waals surface area contributed by atoms with E-state index in [2.05, 4.69) is 22.3 Å². The summed E-state index contributed by atoms with van der Waals surface area (Å²) < 4.78 is 7.41. The lowest BCUT2D eigenvalue weighted by molar-refractivity contribution is 0.102. The van der Waals surface area contributed by atoms with E-state index in [1.807, 2.05) is 25.1 Å². The monoisotopic (exact) mass is 372 g/mol. The number of aryl methyl sites for hydroxylation is 2. The van der Waals surface area contributed by atoms with E-state index in [0.717, 1.165) is 18.5 Å². The fourth-order valence-electron chi connectivity index (χ4n) is 2.74. The van der Waals surface area contributed by atoms with Gasteiger partial charge in [0.25, 0.3) is 5.91 Å². The van der Waals surface area contributed by atoms with Crippen LogP contribution in [0, 0.1) is 6.92 Å². The van der Waals surface area contributed by atoms with Gasteiger partial charge in [-0.05, 0) is 25.5 Å². The number of carbonyl (C=O) groups excluding carboxylic acids is 1. The zero-order valence-electron chi connectivity index (χ0n) is 15.0. The lowest BCUT2D eigenvalue weighted by Crippen LogP contribution is -2.14. The number of rotatable bonds is 6. The average Bonchev–Trinajstić information content (AvgIpc) is 2.91. The van der Waals surface area contributed by atoms with Crippen LogP contribution in [0.25, 0.3) is 11.0 Å². The van der Waals surface area contributed by atoms with E-state index in [0.29, 0.717) is 39.7 Å². The number of halogens is 1. The van der Waals surface area contributed by atoms with Crippen LogP contribution in [-0.4, -0.2) is 27.3 Å². The van der Waals surface area contributed by atoms with E-state index in [-0.39, 0.29) is 5.91 Å². The number of hydrogen-bond donors (Lipinski definition) is 1. The van der Waals surface area contributed by atoms with Gasteiger partial charge < -0.3 is 10.1 Å². The average molecular weight is 373 g/mol. The van der Waals surface area contributed by atoms with E-state index in [1.165, 1.54) is 6.20 Å². The number of para-hydroxylation sites is 2. The smallest absolute Gasteiger partial charge is 0.258 e. The van der Waals surface area contributed by atoms with Crippen LogP contribution in [0.2, 0.25) is 5.02 Å². The van der Waals surface area contributed by atoms with Crippen molar-refractivity contribution in [2.75, 3.05) is 11.9 Å². The Labute approximate surface area is 157 Å². The third-order valence-corrected chi connectivity index (χ3v) is 4.49. The van der Waals surface area contributed by atoms with E-state index in [1.54, 1.807) is 17.8 Å². The molecule has 0 spiro atoms. The topological polar surface area (TPSA) is 69.0 Å². The molecular weight excluding hydrogens is 352 g/mol. The Balaban J connectivity index is 1.88. The maximum Gasteiger partial charge on any atom is 0.258 e. The van der Waals surface area contributed by atoms with Gasteiger partial charge in [-0.3, -0.25) is 9.48 Å². The van der Waals surface area contributed by atoms with Crippen LogP contribution in [0.4, 0.5) is 5.69 Å². The Kier molecular flexibility index (Phi) is 5.42. The summed E-state index contributed by atoms with van der Waals surface area (Å²) in [4.78, 5) is 17.1. The van der Waals surface area contributed by atoms with Crippen molar-refractivity contribution in [1.29, 1.82) is 0 Å². The maximum absolute atomic E-state index is 12.8. The molecule has 7 heteroatoms. The second kappa shape index (κ2) is 7.74. The Morgan fingerprint density at radius 1 is 1.35 bits per heavy atom. The first-order valence-electron chi connectivity index (χ1n) is 8.54. The molecule has 1 amide bonds. The number of nitrogens with one attached hydrogen (secondary N) is 1. The third kappa shape index (κ3) is 3.51. The zero-order chi connectivity index (χ0) is 18.7. The van der Waals surface area contributed by atoms with Gasteiger partial charge in [0.05, 0.1) is 34.0 Å². The molecule has 1 N–H and O–H groups in total. The number of fused-ring (bicyclic) bond motifs is 1. The van der Waals surface area contributed by atoms with Gasteiger partial charge in [-0.2, -0.15) is 5.10 Å². The highest BCUT2D eigenvalue weighted by Gasteiger charge is 2.19. The predicted octanol–water partition coefficient (Wildman–Crippen LogP) is 4.36. The molecule has 1 aromatic carbocycles. The van der Waals surface area contributed by atoms with Crippen LogP contribution >= 0.6 is 11.6 Å². The number of pyridine rings is 1. The van der Waals surface area contributed by atoms with Crippen LogP contribution in [0.15, 0.2) is 30.5 Å². The highest BCUT2D eigenvalue weighted by molar-refractivity contribution is 6.39. The van der Waals surface area contributed by atoms with Gasteiger partial charge in [0.15, 0.2) is 5.65 Å². The molecule has 6 nitrogen and oxygen atoms in total.